The molecule has 1 rings (SSSR count). The highest BCUT2D eigenvalue weighted by Crippen LogP contribution is 2.35. The molecule has 0 amide bonds. The number of carbonyl (C=O) groups is 1. The fourth-order valence-electron chi connectivity index (χ4n) is 1.76. The largest absolute Gasteiger partial charge is 0.494 e. The molecule has 0 saturated carbocycles. The Kier molecular flexibility index (Phi) is 4.84. The summed E-state index contributed by atoms with van der Waals surface area (Å²) in [7, 11) is 1.23. The number of carboxylic acids is 1. The van der Waals surface area contributed by atoms with Crippen molar-refractivity contribution in [3.8, 4) is 5.75 Å². The van der Waals surface area contributed by atoms with Crippen LogP contribution in [0.4, 0.5) is 15.8 Å². The normalized spacial score (nSPS) is 10.4. The summed E-state index contributed by atoms with van der Waals surface area (Å²) in [6.07, 6.45) is 0. The van der Waals surface area contributed by atoms with Gasteiger partial charge in [0.05, 0.1) is 18.1 Å². The van der Waals surface area contributed by atoms with Gasteiger partial charge in [0.25, 0.3) is 5.69 Å². The Morgan fingerprint density at radius 1 is 1.55 bits per heavy atom. The summed E-state index contributed by atoms with van der Waals surface area (Å²) in [4.78, 5) is 22.4. The number of nitro benzene ring substituents is 1. The van der Waals surface area contributed by atoms with Crippen LogP contribution in [-0.4, -0.2) is 35.7 Å². The van der Waals surface area contributed by atoms with E-state index in [1.165, 1.54) is 12.0 Å². The topological polar surface area (TPSA) is 92.9 Å². The maximum atomic E-state index is 13.6. The molecular formula is C12H15FN2O5. The van der Waals surface area contributed by atoms with Crippen molar-refractivity contribution < 1.29 is 24.0 Å². The van der Waals surface area contributed by atoms with Gasteiger partial charge in [0.15, 0.2) is 11.6 Å². The predicted molar refractivity (Wildman–Crippen MR) is 69.7 cm³/mol. The maximum Gasteiger partial charge on any atom is 0.323 e. The van der Waals surface area contributed by atoms with Crippen molar-refractivity contribution in [2.24, 2.45) is 0 Å². The molecule has 1 aromatic rings. The zero-order valence-electron chi connectivity index (χ0n) is 11.3. The number of halogens is 1. The van der Waals surface area contributed by atoms with E-state index in [0.29, 0.717) is 0 Å². The maximum absolute atomic E-state index is 13.6. The fraction of sp³-hybridized carbons (Fsp3) is 0.417. The zero-order valence-corrected chi connectivity index (χ0v) is 11.3. The number of nitrogens with zero attached hydrogens (tertiary/aromatic N) is 2. The lowest BCUT2D eigenvalue weighted by atomic mass is 10.2. The molecule has 8 heteroatoms. The lowest BCUT2D eigenvalue weighted by molar-refractivity contribution is -0.384. The fourth-order valence-corrected chi connectivity index (χ4v) is 1.76. The summed E-state index contributed by atoms with van der Waals surface area (Å²) >= 11 is 0. The van der Waals surface area contributed by atoms with Gasteiger partial charge in [0.1, 0.15) is 12.2 Å². The van der Waals surface area contributed by atoms with E-state index in [1.54, 1.807) is 13.8 Å². The van der Waals surface area contributed by atoms with E-state index >= 15 is 0 Å². The lowest BCUT2D eigenvalue weighted by Gasteiger charge is -2.27. The van der Waals surface area contributed by atoms with Gasteiger partial charge in [-0.25, -0.2) is 4.39 Å². The van der Waals surface area contributed by atoms with Gasteiger partial charge in [-0.2, -0.15) is 0 Å². The standard InChI is InChI=1S/C12H15FN2O5/c1-7(2)14(6-12(16)17)9-5-11(20-3)8(13)4-10(9)15(18)19/h4-5,7H,6H2,1-3H3,(H,16,17). The SMILES string of the molecule is COc1cc(N(CC(=O)O)C(C)C)c([N+](=O)[O-])cc1F. The van der Waals surface area contributed by atoms with E-state index in [0.717, 1.165) is 12.1 Å². The summed E-state index contributed by atoms with van der Waals surface area (Å²) in [6.45, 7) is 2.93. The Morgan fingerprint density at radius 2 is 2.15 bits per heavy atom. The van der Waals surface area contributed by atoms with E-state index < -0.39 is 28.9 Å². The van der Waals surface area contributed by atoms with Gasteiger partial charge in [-0.15, -0.1) is 0 Å². The third-order valence-electron chi connectivity index (χ3n) is 2.68. The molecule has 0 spiro atoms. The Bertz CT molecular complexity index is 533. The van der Waals surface area contributed by atoms with E-state index in [-0.39, 0.29) is 17.5 Å². The highest BCUT2D eigenvalue weighted by atomic mass is 19.1. The molecule has 0 fully saturated rings. The number of nitro groups is 1. The van der Waals surface area contributed by atoms with Crippen LogP contribution in [0.2, 0.25) is 0 Å². The average molecular weight is 286 g/mol. The van der Waals surface area contributed by atoms with E-state index in [4.69, 9.17) is 9.84 Å². The molecule has 1 aromatic carbocycles. The second-order valence-electron chi connectivity index (χ2n) is 4.35. The van der Waals surface area contributed by atoms with Crippen molar-refractivity contribution in [2.75, 3.05) is 18.6 Å². The number of carboxylic acid groups (broad SMARTS) is 1. The summed E-state index contributed by atoms with van der Waals surface area (Å²) in [5.74, 6) is -2.19. The third kappa shape index (κ3) is 3.34. The molecule has 0 aliphatic carbocycles. The first-order valence-electron chi connectivity index (χ1n) is 5.78. The third-order valence-corrected chi connectivity index (χ3v) is 2.68. The van der Waals surface area contributed by atoms with Crippen LogP contribution in [0.5, 0.6) is 5.75 Å². The van der Waals surface area contributed by atoms with Crippen molar-refractivity contribution >= 4 is 17.3 Å². The molecule has 0 heterocycles. The van der Waals surface area contributed by atoms with Crippen LogP contribution in [-0.2, 0) is 4.79 Å². The number of benzene rings is 1. The van der Waals surface area contributed by atoms with Crippen molar-refractivity contribution in [3.63, 3.8) is 0 Å². The summed E-state index contributed by atoms with van der Waals surface area (Å²) in [5.41, 5.74) is -0.496. The Hall–Kier alpha value is -2.38. The van der Waals surface area contributed by atoms with Crippen LogP contribution >= 0.6 is 0 Å². The molecule has 0 atom stereocenters. The highest BCUT2D eigenvalue weighted by Gasteiger charge is 2.26. The quantitative estimate of drug-likeness (QED) is 0.635. The first-order chi connectivity index (χ1) is 9.27. The summed E-state index contributed by atoms with van der Waals surface area (Å²) in [6, 6.07) is 1.54. The van der Waals surface area contributed by atoms with Crippen LogP contribution < -0.4 is 9.64 Å². The monoisotopic (exact) mass is 286 g/mol. The number of rotatable bonds is 6. The minimum Gasteiger partial charge on any atom is -0.494 e. The molecule has 0 unspecified atom stereocenters. The van der Waals surface area contributed by atoms with Gasteiger partial charge in [-0.1, -0.05) is 0 Å². The van der Waals surface area contributed by atoms with Gasteiger partial charge in [0.2, 0.25) is 0 Å². The van der Waals surface area contributed by atoms with Gasteiger partial charge < -0.3 is 14.7 Å². The molecule has 0 saturated heterocycles. The first-order valence-corrected chi connectivity index (χ1v) is 5.78. The van der Waals surface area contributed by atoms with Crippen molar-refractivity contribution in [2.45, 2.75) is 19.9 Å². The van der Waals surface area contributed by atoms with Crippen molar-refractivity contribution in [1.29, 1.82) is 0 Å². The van der Waals surface area contributed by atoms with Gasteiger partial charge in [-0.05, 0) is 13.8 Å². The second kappa shape index (κ2) is 6.18. The smallest absolute Gasteiger partial charge is 0.323 e. The summed E-state index contributed by atoms with van der Waals surface area (Å²) in [5, 5.41) is 19.9. The minimum absolute atomic E-state index is 0.00523. The van der Waals surface area contributed by atoms with Crippen LogP contribution in [0.25, 0.3) is 0 Å². The molecule has 20 heavy (non-hydrogen) atoms. The van der Waals surface area contributed by atoms with Crippen LogP contribution in [0.1, 0.15) is 13.8 Å². The Morgan fingerprint density at radius 3 is 2.55 bits per heavy atom. The zero-order chi connectivity index (χ0) is 15.4. The van der Waals surface area contributed by atoms with E-state index in [1.807, 2.05) is 0 Å². The molecule has 0 radical (unpaired) electrons. The van der Waals surface area contributed by atoms with Gasteiger partial charge >= 0.3 is 5.97 Å². The number of anilines is 1. The minimum atomic E-state index is -1.14. The number of hydrogen-bond acceptors (Lipinski definition) is 5. The molecular weight excluding hydrogens is 271 g/mol. The van der Waals surface area contributed by atoms with Gasteiger partial charge in [-0.3, -0.25) is 14.9 Å². The van der Waals surface area contributed by atoms with E-state index in [2.05, 4.69) is 0 Å². The van der Waals surface area contributed by atoms with Crippen LogP contribution in [0.3, 0.4) is 0 Å². The van der Waals surface area contributed by atoms with E-state index in [9.17, 15) is 19.3 Å². The van der Waals surface area contributed by atoms with Crippen molar-refractivity contribution in [3.05, 3.63) is 28.1 Å². The number of methoxy groups -OCH3 is 1. The molecule has 0 aliphatic heterocycles. The molecule has 0 aromatic heterocycles. The molecule has 0 bridgehead atoms. The lowest BCUT2D eigenvalue weighted by Crippen LogP contribution is -2.36. The molecule has 110 valence electrons. The average Bonchev–Trinajstić information content (AvgIpc) is 2.35. The van der Waals surface area contributed by atoms with Gasteiger partial charge in [0, 0.05) is 12.1 Å². The summed E-state index contributed by atoms with van der Waals surface area (Å²) < 4.78 is 18.3. The number of aliphatic carboxylic acids is 1. The molecule has 0 aliphatic rings. The Balaban J connectivity index is 3.44. The second-order valence-corrected chi connectivity index (χ2v) is 4.35. The number of hydrogen-bond donors (Lipinski definition) is 1. The highest BCUT2D eigenvalue weighted by molar-refractivity contribution is 5.77. The Labute approximate surface area is 114 Å². The molecule has 7 nitrogen and oxygen atoms in total. The molecule has 1 N–H and O–H groups in total. The van der Waals surface area contributed by atoms with Crippen molar-refractivity contribution in [1.82, 2.24) is 0 Å². The van der Waals surface area contributed by atoms with Crippen LogP contribution in [0.15, 0.2) is 12.1 Å². The number of ether oxygens (including phenoxy) is 1. The predicted octanol–water partition coefficient (Wildman–Crippen LogP) is 2.04. The first kappa shape index (κ1) is 15.7. The van der Waals surface area contributed by atoms with Crippen LogP contribution in [0, 0.1) is 15.9 Å².